The molecule has 4 nitrogen and oxygen atoms in total. The van der Waals surface area contributed by atoms with Crippen molar-refractivity contribution >= 4 is 23.7 Å². The van der Waals surface area contributed by atoms with E-state index < -0.39 is 29.6 Å². The molecular weight excluding hydrogens is 496 g/mol. The van der Waals surface area contributed by atoms with Crippen LogP contribution < -0.4 is 0 Å². The van der Waals surface area contributed by atoms with E-state index in [0.717, 1.165) is 22.6 Å². The molecule has 1 atom stereocenters. The summed E-state index contributed by atoms with van der Waals surface area (Å²) >= 11 is 1.47. The molecule has 0 bridgehead atoms. The van der Waals surface area contributed by atoms with Gasteiger partial charge in [0.1, 0.15) is 12.4 Å². The summed E-state index contributed by atoms with van der Waals surface area (Å²) in [6.07, 6.45) is -3.67. The van der Waals surface area contributed by atoms with Crippen LogP contribution in [0.1, 0.15) is 28.7 Å². The van der Waals surface area contributed by atoms with E-state index in [0.29, 0.717) is 29.7 Å². The number of benzene rings is 3. The maximum Gasteiger partial charge on any atom is 0.416 e. The number of esters is 1. The summed E-state index contributed by atoms with van der Waals surface area (Å²) < 4.78 is 56.0. The molecule has 0 amide bonds. The van der Waals surface area contributed by atoms with Crippen molar-refractivity contribution in [2.75, 3.05) is 5.75 Å². The average molecular weight is 521 g/mol. The molecule has 36 heavy (non-hydrogen) atoms. The Labute approximate surface area is 210 Å². The molecule has 190 valence electrons. The second-order valence-corrected chi connectivity index (χ2v) is 9.35. The van der Waals surface area contributed by atoms with E-state index in [-0.39, 0.29) is 18.8 Å². The van der Waals surface area contributed by atoms with Gasteiger partial charge >= 0.3 is 18.1 Å². The van der Waals surface area contributed by atoms with Crippen molar-refractivity contribution < 1.29 is 37.0 Å². The first-order valence-electron chi connectivity index (χ1n) is 11.1. The maximum absolute atomic E-state index is 13.0. The highest BCUT2D eigenvalue weighted by atomic mass is 32.2. The number of carbonyl (C=O) groups is 2. The molecule has 3 aromatic carbocycles. The van der Waals surface area contributed by atoms with Gasteiger partial charge in [0.25, 0.3) is 0 Å². The first-order chi connectivity index (χ1) is 17.1. The number of aliphatic carboxylic acids is 1. The van der Waals surface area contributed by atoms with Gasteiger partial charge in [0.15, 0.2) is 0 Å². The molecule has 1 unspecified atom stereocenters. The van der Waals surface area contributed by atoms with E-state index in [1.54, 1.807) is 36.4 Å². The standard InChI is InChI=1S/C27H24F4O4S/c28-23-9-11-24(12-10-23)36-14-13-21(26(33)34)15-18-1-3-19(4-2-18)16-25(32)35-17-20-5-7-22(8-6-20)27(29,30)31/h1-12,21H,13-17H2,(H,33,34). The Morgan fingerprint density at radius 3 is 2.03 bits per heavy atom. The third-order valence-corrected chi connectivity index (χ3v) is 6.48. The normalized spacial score (nSPS) is 12.2. The number of hydrogen-bond acceptors (Lipinski definition) is 4. The molecular formula is C27H24F4O4S. The molecule has 0 spiro atoms. The second-order valence-electron chi connectivity index (χ2n) is 8.18. The van der Waals surface area contributed by atoms with E-state index in [4.69, 9.17) is 4.74 Å². The van der Waals surface area contributed by atoms with Gasteiger partial charge in [0.05, 0.1) is 17.9 Å². The average Bonchev–Trinajstić information content (AvgIpc) is 2.84. The van der Waals surface area contributed by atoms with Crippen LogP contribution in [-0.2, 0) is 40.0 Å². The number of carbonyl (C=O) groups excluding carboxylic acids is 1. The Balaban J connectivity index is 1.45. The minimum atomic E-state index is -4.42. The summed E-state index contributed by atoms with van der Waals surface area (Å²) in [5, 5.41) is 9.57. The van der Waals surface area contributed by atoms with Crippen LogP contribution in [0.3, 0.4) is 0 Å². The van der Waals surface area contributed by atoms with Gasteiger partial charge in [-0.2, -0.15) is 13.2 Å². The largest absolute Gasteiger partial charge is 0.481 e. The van der Waals surface area contributed by atoms with Crippen LogP contribution in [0.15, 0.2) is 77.7 Å². The van der Waals surface area contributed by atoms with Crippen LogP contribution >= 0.6 is 11.8 Å². The molecule has 0 fully saturated rings. The molecule has 0 aliphatic rings. The number of carboxylic acid groups (broad SMARTS) is 1. The van der Waals surface area contributed by atoms with E-state index in [9.17, 15) is 32.3 Å². The number of halogens is 4. The zero-order valence-corrected chi connectivity index (χ0v) is 19.9. The van der Waals surface area contributed by atoms with Crippen molar-refractivity contribution in [3.8, 4) is 0 Å². The zero-order chi connectivity index (χ0) is 26.1. The van der Waals surface area contributed by atoms with Crippen LogP contribution in [0.2, 0.25) is 0 Å². The van der Waals surface area contributed by atoms with Gasteiger partial charge in [-0.15, -0.1) is 11.8 Å². The Hall–Kier alpha value is -3.33. The van der Waals surface area contributed by atoms with Gasteiger partial charge < -0.3 is 9.84 Å². The third-order valence-electron chi connectivity index (χ3n) is 5.43. The Morgan fingerprint density at radius 2 is 1.44 bits per heavy atom. The van der Waals surface area contributed by atoms with Crippen LogP contribution in [0, 0.1) is 11.7 Å². The molecule has 0 aromatic heterocycles. The zero-order valence-electron chi connectivity index (χ0n) is 19.1. The van der Waals surface area contributed by atoms with Crippen LogP contribution in [-0.4, -0.2) is 22.8 Å². The quantitative estimate of drug-likeness (QED) is 0.176. The summed E-state index contributed by atoms with van der Waals surface area (Å²) in [5.41, 5.74) is 1.17. The summed E-state index contributed by atoms with van der Waals surface area (Å²) in [6.45, 7) is -0.134. The lowest BCUT2D eigenvalue weighted by atomic mass is 9.96. The molecule has 0 aliphatic carbocycles. The lowest BCUT2D eigenvalue weighted by molar-refractivity contribution is -0.144. The highest BCUT2D eigenvalue weighted by Gasteiger charge is 2.29. The molecule has 0 saturated heterocycles. The van der Waals surface area contributed by atoms with Crippen LogP contribution in [0.25, 0.3) is 0 Å². The topological polar surface area (TPSA) is 63.6 Å². The van der Waals surface area contributed by atoms with Crippen LogP contribution in [0.4, 0.5) is 17.6 Å². The Bertz CT molecular complexity index is 1140. The van der Waals surface area contributed by atoms with Crippen molar-refractivity contribution in [1.29, 1.82) is 0 Å². The molecule has 0 radical (unpaired) electrons. The smallest absolute Gasteiger partial charge is 0.416 e. The SMILES string of the molecule is O=C(Cc1ccc(CC(CCSc2ccc(F)cc2)C(=O)O)cc1)OCc1ccc(C(F)(F)F)cc1. The monoisotopic (exact) mass is 520 g/mol. The van der Waals surface area contributed by atoms with Gasteiger partial charge in [0, 0.05) is 4.90 Å². The fourth-order valence-electron chi connectivity index (χ4n) is 3.41. The first kappa shape index (κ1) is 27.3. The molecule has 1 N–H and O–H groups in total. The Kier molecular flexibility index (Phi) is 9.52. The molecule has 0 aliphatic heterocycles. The summed E-state index contributed by atoms with van der Waals surface area (Å²) in [6, 6.07) is 17.4. The van der Waals surface area contributed by atoms with Gasteiger partial charge in [0.2, 0.25) is 0 Å². The fraction of sp³-hybridized carbons (Fsp3) is 0.259. The first-order valence-corrected chi connectivity index (χ1v) is 12.1. The maximum atomic E-state index is 13.0. The van der Waals surface area contributed by atoms with E-state index in [1.165, 1.54) is 36.0 Å². The van der Waals surface area contributed by atoms with Crippen molar-refractivity contribution in [2.24, 2.45) is 5.92 Å². The number of carboxylic acids is 1. The number of alkyl halides is 3. The molecule has 0 heterocycles. The minimum absolute atomic E-state index is 0.0163. The highest BCUT2D eigenvalue weighted by molar-refractivity contribution is 7.99. The summed E-state index contributed by atoms with van der Waals surface area (Å²) in [4.78, 5) is 24.7. The summed E-state index contributed by atoms with van der Waals surface area (Å²) in [7, 11) is 0. The lowest BCUT2D eigenvalue weighted by Gasteiger charge is -2.13. The third kappa shape index (κ3) is 8.71. The Morgan fingerprint density at radius 1 is 0.861 bits per heavy atom. The molecule has 3 aromatic rings. The van der Waals surface area contributed by atoms with Crippen molar-refractivity contribution in [3.63, 3.8) is 0 Å². The molecule has 0 saturated carbocycles. The van der Waals surface area contributed by atoms with Gasteiger partial charge in [-0.3, -0.25) is 9.59 Å². The number of ether oxygens (including phenoxy) is 1. The highest BCUT2D eigenvalue weighted by Crippen LogP contribution is 2.29. The van der Waals surface area contributed by atoms with E-state index >= 15 is 0 Å². The number of hydrogen-bond donors (Lipinski definition) is 1. The van der Waals surface area contributed by atoms with Crippen molar-refractivity contribution in [1.82, 2.24) is 0 Å². The predicted octanol–water partition coefficient (Wildman–Crippen LogP) is 6.56. The lowest BCUT2D eigenvalue weighted by Crippen LogP contribution is -2.17. The second kappa shape index (κ2) is 12.6. The minimum Gasteiger partial charge on any atom is -0.481 e. The molecule has 3 rings (SSSR count). The number of rotatable bonds is 11. The van der Waals surface area contributed by atoms with Gasteiger partial charge in [-0.05, 0) is 71.7 Å². The molecule has 9 heteroatoms. The number of thioether (sulfide) groups is 1. The predicted molar refractivity (Wildman–Crippen MR) is 128 cm³/mol. The van der Waals surface area contributed by atoms with Crippen LogP contribution in [0.5, 0.6) is 0 Å². The fourth-order valence-corrected chi connectivity index (χ4v) is 4.38. The van der Waals surface area contributed by atoms with Crippen molar-refractivity contribution in [2.45, 2.75) is 36.9 Å². The summed E-state index contributed by atoms with van der Waals surface area (Å²) in [5.74, 6) is -1.75. The van der Waals surface area contributed by atoms with Gasteiger partial charge in [-0.1, -0.05) is 36.4 Å². The van der Waals surface area contributed by atoms with Crippen molar-refractivity contribution in [3.05, 3.63) is 101 Å². The van der Waals surface area contributed by atoms with E-state index in [2.05, 4.69) is 0 Å². The van der Waals surface area contributed by atoms with E-state index in [1.807, 2.05) is 0 Å². The van der Waals surface area contributed by atoms with Gasteiger partial charge in [-0.25, -0.2) is 4.39 Å².